The van der Waals surface area contributed by atoms with E-state index in [1.807, 2.05) is 0 Å². The number of carbonyl (C=O) groups is 2. The molecule has 1 aliphatic rings. The molecule has 1 heterocycles. The SMILES string of the molecule is CCCCC1=CC(=C(CCCC)CCCC)C(C(=O)OC)=C(C(=O)OC)[Si]1(C)C. The van der Waals surface area contributed by atoms with Crippen LogP contribution in [-0.2, 0) is 19.1 Å². The molecular weight excluding hydrogens is 380 g/mol. The largest absolute Gasteiger partial charge is 0.466 e. The van der Waals surface area contributed by atoms with Gasteiger partial charge in [0.1, 0.15) is 8.07 Å². The first-order chi connectivity index (χ1) is 13.8. The van der Waals surface area contributed by atoms with Crippen molar-refractivity contribution in [2.24, 2.45) is 0 Å². The van der Waals surface area contributed by atoms with Gasteiger partial charge in [-0.2, -0.15) is 0 Å². The van der Waals surface area contributed by atoms with Crippen molar-refractivity contribution in [2.45, 2.75) is 91.7 Å². The summed E-state index contributed by atoms with van der Waals surface area (Å²) in [6.45, 7) is 10.8. The topological polar surface area (TPSA) is 52.6 Å². The number of carbonyl (C=O) groups excluding carboxylic acids is 2. The van der Waals surface area contributed by atoms with E-state index in [4.69, 9.17) is 9.47 Å². The van der Waals surface area contributed by atoms with E-state index in [2.05, 4.69) is 39.9 Å². The van der Waals surface area contributed by atoms with Crippen LogP contribution in [0.4, 0.5) is 0 Å². The van der Waals surface area contributed by atoms with E-state index in [0.717, 1.165) is 63.4 Å². The molecular formula is C24H40O4Si. The highest BCUT2D eigenvalue weighted by molar-refractivity contribution is 6.94. The van der Waals surface area contributed by atoms with Gasteiger partial charge in [-0.1, -0.05) is 76.4 Å². The van der Waals surface area contributed by atoms with Crippen molar-refractivity contribution in [2.75, 3.05) is 14.2 Å². The molecule has 1 aliphatic heterocycles. The summed E-state index contributed by atoms with van der Waals surface area (Å²) >= 11 is 0. The van der Waals surface area contributed by atoms with Crippen molar-refractivity contribution in [3.8, 4) is 0 Å². The summed E-state index contributed by atoms with van der Waals surface area (Å²) in [5.74, 6) is -0.802. The molecule has 0 aliphatic carbocycles. The molecule has 0 unspecified atom stereocenters. The average molecular weight is 421 g/mol. The Balaban J connectivity index is 3.83. The van der Waals surface area contributed by atoms with Crippen LogP contribution >= 0.6 is 0 Å². The highest BCUT2D eigenvalue weighted by atomic mass is 28.3. The maximum absolute atomic E-state index is 12.9. The van der Waals surface area contributed by atoms with Gasteiger partial charge < -0.3 is 9.47 Å². The number of esters is 2. The molecule has 0 amide bonds. The van der Waals surface area contributed by atoms with Gasteiger partial charge in [-0.15, -0.1) is 0 Å². The zero-order valence-electron chi connectivity index (χ0n) is 19.6. The molecule has 0 N–H and O–H groups in total. The molecule has 0 aromatic rings. The lowest BCUT2D eigenvalue weighted by molar-refractivity contribution is -0.138. The molecule has 4 nitrogen and oxygen atoms in total. The van der Waals surface area contributed by atoms with Gasteiger partial charge in [0.05, 0.1) is 19.8 Å². The van der Waals surface area contributed by atoms with E-state index in [1.54, 1.807) is 0 Å². The fourth-order valence-electron chi connectivity index (χ4n) is 4.01. The first-order valence-corrected chi connectivity index (χ1v) is 14.1. The van der Waals surface area contributed by atoms with Gasteiger partial charge in [0, 0.05) is 5.20 Å². The summed E-state index contributed by atoms with van der Waals surface area (Å²) in [4.78, 5) is 25.9. The third-order valence-electron chi connectivity index (χ3n) is 5.89. The third kappa shape index (κ3) is 6.18. The molecule has 0 fully saturated rings. The molecule has 0 aromatic heterocycles. The molecule has 0 saturated carbocycles. The Hall–Kier alpha value is -1.62. The lowest BCUT2D eigenvalue weighted by Gasteiger charge is -2.35. The van der Waals surface area contributed by atoms with Crippen molar-refractivity contribution >= 4 is 20.0 Å². The Morgan fingerprint density at radius 1 is 0.862 bits per heavy atom. The second kappa shape index (κ2) is 12.2. The Morgan fingerprint density at radius 3 is 1.83 bits per heavy atom. The third-order valence-corrected chi connectivity index (χ3v) is 9.59. The monoisotopic (exact) mass is 420 g/mol. The Kier molecular flexibility index (Phi) is 10.7. The van der Waals surface area contributed by atoms with Gasteiger partial charge in [-0.3, -0.25) is 0 Å². The molecule has 0 radical (unpaired) electrons. The van der Waals surface area contributed by atoms with E-state index in [1.165, 1.54) is 25.0 Å². The number of hydrogen-bond acceptors (Lipinski definition) is 4. The Labute approximate surface area is 178 Å². The van der Waals surface area contributed by atoms with Crippen LogP contribution in [0, 0.1) is 0 Å². The Bertz CT molecular complexity index is 673. The quantitative estimate of drug-likeness (QED) is 0.294. The molecule has 0 bridgehead atoms. The second-order valence-electron chi connectivity index (χ2n) is 8.36. The molecule has 0 saturated heterocycles. The fourth-order valence-corrected chi connectivity index (χ4v) is 7.12. The highest BCUT2D eigenvalue weighted by Gasteiger charge is 2.43. The second-order valence-corrected chi connectivity index (χ2v) is 12.7. The van der Waals surface area contributed by atoms with Crippen LogP contribution < -0.4 is 0 Å². The molecule has 29 heavy (non-hydrogen) atoms. The Morgan fingerprint density at radius 2 is 1.38 bits per heavy atom. The van der Waals surface area contributed by atoms with Crippen molar-refractivity contribution in [1.82, 2.24) is 0 Å². The maximum atomic E-state index is 12.9. The number of allylic oxidation sites excluding steroid dienone is 3. The maximum Gasteiger partial charge on any atom is 0.338 e. The minimum absolute atomic E-state index is 0.382. The predicted molar refractivity (Wildman–Crippen MR) is 122 cm³/mol. The number of ether oxygens (including phenoxy) is 2. The fraction of sp³-hybridized carbons (Fsp3) is 0.667. The first kappa shape index (κ1) is 25.4. The first-order valence-electron chi connectivity index (χ1n) is 11.1. The van der Waals surface area contributed by atoms with E-state index < -0.39 is 14.0 Å². The van der Waals surface area contributed by atoms with E-state index in [0.29, 0.717) is 10.8 Å². The predicted octanol–water partition coefficient (Wildman–Crippen LogP) is 6.22. The molecule has 0 atom stereocenters. The summed E-state index contributed by atoms with van der Waals surface area (Å²) in [7, 11) is 0.462. The molecule has 164 valence electrons. The lowest BCUT2D eigenvalue weighted by atomic mass is 9.91. The van der Waals surface area contributed by atoms with Gasteiger partial charge in [-0.05, 0) is 37.7 Å². The van der Waals surface area contributed by atoms with Crippen LogP contribution in [0.25, 0.3) is 0 Å². The summed E-state index contributed by atoms with van der Waals surface area (Å²) in [5.41, 5.74) is 2.66. The number of unbranched alkanes of at least 4 members (excludes halogenated alkanes) is 3. The van der Waals surface area contributed by atoms with Gasteiger partial charge in [0.25, 0.3) is 0 Å². The standard InChI is InChI=1S/C24H40O4Si/c1-8-11-14-18(15-12-9-2)20-17-19(16-13-10-3)29(6,7)22(24(26)28-5)21(20)23(25)27-4/h17H,8-16H2,1-7H3. The van der Waals surface area contributed by atoms with E-state index in [9.17, 15) is 9.59 Å². The zero-order valence-corrected chi connectivity index (χ0v) is 20.6. The summed E-state index contributed by atoms with van der Waals surface area (Å²) in [6.07, 6.45) is 11.6. The van der Waals surface area contributed by atoms with E-state index >= 15 is 0 Å². The van der Waals surface area contributed by atoms with Crippen molar-refractivity contribution < 1.29 is 19.1 Å². The minimum Gasteiger partial charge on any atom is -0.466 e. The number of rotatable bonds is 11. The minimum atomic E-state index is -2.33. The van der Waals surface area contributed by atoms with Crippen molar-refractivity contribution in [1.29, 1.82) is 0 Å². The van der Waals surface area contributed by atoms with Crippen LogP contribution in [0.5, 0.6) is 0 Å². The van der Waals surface area contributed by atoms with Gasteiger partial charge >= 0.3 is 11.9 Å². The average Bonchev–Trinajstić information content (AvgIpc) is 2.71. The summed E-state index contributed by atoms with van der Waals surface area (Å²) in [6, 6.07) is 0. The van der Waals surface area contributed by atoms with Crippen LogP contribution in [-0.4, -0.2) is 34.2 Å². The smallest absolute Gasteiger partial charge is 0.338 e. The van der Waals surface area contributed by atoms with Crippen LogP contribution in [0.2, 0.25) is 13.1 Å². The van der Waals surface area contributed by atoms with Crippen LogP contribution in [0.1, 0.15) is 78.6 Å². The highest BCUT2D eigenvalue weighted by Crippen LogP contribution is 2.41. The van der Waals surface area contributed by atoms with Gasteiger partial charge in [0.2, 0.25) is 0 Å². The van der Waals surface area contributed by atoms with Crippen molar-refractivity contribution in [3.63, 3.8) is 0 Å². The zero-order chi connectivity index (χ0) is 22.0. The summed E-state index contributed by atoms with van der Waals surface area (Å²) in [5, 5.41) is 1.90. The van der Waals surface area contributed by atoms with Crippen LogP contribution in [0.15, 0.2) is 33.2 Å². The van der Waals surface area contributed by atoms with Gasteiger partial charge in [-0.25, -0.2) is 9.59 Å². The molecule has 0 aromatic carbocycles. The van der Waals surface area contributed by atoms with Gasteiger partial charge in [0.15, 0.2) is 0 Å². The van der Waals surface area contributed by atoms with E-state index in [-0.39, 0.29) is 5.97 Å². The van der Waals surface area contributed by atoms with Crippen LogP contribution in [0.3, 0.4) is 0 Å². The summed E-state index contributed by atoms with van der Waals surface area (Å²) < 4.78 is 10.3. The molecule has 1 rings (SSSR count). The molecule has 5 heteroatoms. The van der Waals surface area contributed by atoms with Crippen molar-refractivity contribution in [3.05, 3.63) is 33.2 Å². The molecule has 0 spiro atoms. The normalized spacial score (nSPS) is 15.8. The lowest BCUT2D eigenvalue weighted by Crippen LogP contribution is -2.42. The number of hydrogen-bond donors (Lipinski definition) is 0. The number of methoxy groups -OCH3 is 2.